The zero-order valence-electron chi connectivity index (χ0n) is 76.7. The van der Waals surface area contributed by atoms with Crippen LogP contribution in [-0.4, -0.2) is 6.71 Å². The van der Waals surface area contributed by atoms with Crippen LogP contribution in [0.5, 0.6) is 0 Å². The highest BCUT2D eigenvalue weighted by atomic mass is 15.2. The van der Waals surface area contributed by atoms with Gasteiger partial charge in [0.2, 0.25) is 0 Å². The van der Waals surface area contributed by atoms with E-state index in [2.05, 4.69) is 447 Å². The first-order valence-corrected chi connectivity index (χ1v) is 42.7. The van der Waals surface area contributed by atoms with Crippen LogP contribution in [0.2, 0.25) is 0 Å². The summed E-state index contributed by atoms with van der Waals surface area (Å²) in [6.45, 7) is 34.1. The van der Waals surface area contributed by atoms with Crippen LogP contribution >= 0.6 is 0 Å². The Bertz CT molecular complexity index is 6800. The monoisotopic (exact) mass is 1550 g/mol. The summed E-state index contributed by atoms with van der Waals surface area (Å²) < 4.78 is 49.4. The maximum atomic E-state index is 10.3. The molecule has 120 heavy (non-hydrogen) atoms. The van der Waals surface area contributed by atoms with Gasteiger partial charge in [-0.05, 0) is 226 Å². The first-order chi connectivity index (χ1) is 59.8. The van der Waals surface area contributed by atoms with Crippen LogP contribution in [0.3, 0.4) is 0 Å². The fourth-order valence-corrected chi connectivity index (χ4v) is 19.3. The van der Waals surface area contributed by atoms with Crippen molar-refractivity contribution in [3.05, 3.63) is 414 Å². The van der Waals surface area contributed by atoms with Crippen LogP contribution in [0.15, 0.2) is 364 Å². The Kier molecular flexibility index (Phi) is 17.4. The van der Waals surface area contributed by atoms with Gasteiger partial charge in [-0.3, -0.25) is 0 Å². The maximum absolute atomic E-state index is 10.3. The summed E-state index contributed by atoms with van der Waals surface area (Å²) in [5.41, 5.74) is 34.8. The summed E-state index contributed by atoms with van der Waals surface area (Å²) in [5.74, 6) is 0. The van der Waals surface area contributed by atoms with E-state index in [1.165, 1.54) is 38.9 Å². The molecule has 0 amide bonds. The van der Waals surface area contributed by atoms with Crippen molar-refractivity contribution in [2.24, 2.45) is 0 Å². The molecule has 1 aliphatic carbocycles. The van der Waals surface area contributed by atoms with Crippen molar-refractivity contribution in [2.75, 3.05) is 9.80 Å². The topological polar surface area (TPSA) is 6.48 Å². The molecule has 0 spiro atoms. The van der Waals surface area contributed by atoms with Crippen molar-refractivity contribution in [3.8, 4) is 100 Å². The minimum Gasteiger partial charge on any atom is -0.310 e. The molecule has 0 bridgehead atoms. The molecule has 1 atom stereocenters. The summed E-state index contributed by atoms with van der Waals surface area (Å²) in [7, 11) is 0. The average molecular weight is 1550 g/mol. The van der Waals surface area contributed by atoms with Gasteiger partial charge < -0.3 is 9.80 Å². The molecule has 3 aliphatic rings. The van der Waals surface area contributed by atoms with Gasteiger partial charge in [-0.15, -0.1) is 0 Å². The normalized spacial score (nSPS) is 14.9. The molecule has 586 valence electrons. The minimum absolute atomic E-state index is 0.103. The third-order valence-corrected chi connectivity index (χ3v) is 25.5. The first kappa shape index (κ1) is 71.3. The molecule has 2 heterocycles. The number of fused-ring (bicyclic) bond motifs is 7. The number of hydrogen-bond acceptors (Lipinski definition) is 2. The quantitative estimate of drug-likeness (QED) is 0.113. The van der Waals surface area contributed by atoms with E-state index in [-0.39, 0.29) is 44.7 Å². The van der Waals surface area contributed by atoms with E-state index in [4.69, 9.17) is 0 Å². The molecular formula is C117H105BN2. The Balaban J connectivity index is 1.01. The summed E-state index contributed by atoms with van der Waals surface area (Å²) in [4.78, 5) is 5.08. The lowest BCUT2D eigenvalue weighted by molar-refractivity contribution is 0.569. The van der Waals surface area contributed by atoms with Crippen molar-refractivity contribution in [2.45, 2.75) is 136 Å². The Morgan fingerprint density at radius 3 is 1.10 bits per heavy atom. The van der Waals surface area contributed by atoms with Crippen LogP contribution in [0.4, 0.5) is 34.1 Å². The van der Waals surface area contributed by atoms with Crippen molar-refractivity contribution in [1.29, 1.82) is 0 Å². The lowest BCUT2D eigenvalue weighted by atomic mass is 9.33. The molecule has 0 aromatic heterocycles. The van der Waals surface area contributed by atoms with Gasteiger partial charge >= 0.3 is 0 Å². The second-order valence-electron chi connectivity index (χ2n) is 38.4. The summed E-state index contributed by atoms with van der Waals surface area (Å²) >= 11 is 0. The fraction of sp³-hybridized carbons (Fsp3) is 0.179. The lowest BCUT2D eigenvalue weighted by Gasteiger charge is -2.46. The molecule has 0 radical (unpaired) electrons. The van der Waals surface area contributed by atoms with Crippen molar-refractivity contribution in [1.82, 2.24) is 0 Å². The SMILES string of the molecule is [2H]c1c([2H])c([2H])c(-c2cc3c4c(c2)N(c2c(-c5ccccc5)cc(C(C)(C)C)cc2-c2ccccc2)c2cc(-c5cccc6c5C(c5ccccc5)(c5cccc(-c7ccccc7C(C)(C)C)c5)c5ccccc5-6)ccc2B4c2ccc(-c4cc(C(C)(C)C)cc(C(C)(C)C)c4)cc2N3c2c(-c3ccccc3)cc(C(C)(C)C)cc2-c2ccccc2)c([2H])c1[2H]. The van der Waals surface area contributed by atoms with Crippen molar-refractivity contribution in [3.63, 3.8) is 0 Å². The molecule has 0 saturated heterocycles. The van der Waals surface area contributed by atoms with E-state index in [1.807, 2.05) is 0 Å². The third-order valence-electron chi connectivity index (χ3n) is 25.5. The molecule has 19 rings (SSSR count). The highest BCUT2D eigenvalue weighted by Gasteiger charge is 2.50. The van der Waals surface area contributed by atoms with Crippen LogP contribution in [-0.2, 0) is 32.5 Å². The summed E-state index contributed by atoms with van der Waals surface area (Å²) in [5, 5.41) is 0. The second kappa shape index (κ2) is 29.3. The molecule has 3 heteroatoms. The zero-order chi connectivity index (χ0) is 87.3. The molecule has 16 aromatic rings. The van der Waals surface area contributed by atoms with Crippen LogP contribution in [0, 0.1) is 0 Å². The number of rotatable bonds is 12. The third kappa shape index (κ3) is 13.3. The molecule has 2 aliphatic heterocycles. The molecule has 0 N–H and O–H groups in total. The molecule has 0 saturated carbocycles. The Hall–Kier alpha value is -12.8. The van der Waals surface area contributed by atoms with E-state index in [0.717, 1.165) is 151 Å². The van der Waals surface area contributed by atoms with Gasteiger partial charge in [0.05, 0.1) is 23.6 Å². The van der Waals surface area contributed by atoms with E-state index in [9.17, 15) is 6.85 Å². The van der Waals surface area contributed by atoms with Crippen LogP contribution in [0.25, 0.3) is 100 Å². The predicted molar refractivity (Wildman–Crippen MR) is 515 cm³/mol. The van der Waals surface area contributed by atoms with Gasteiger partial charge in [-0.1, -0.05) is 413 Å². The number of benzene rings is 16. The summed E-state index contributed by atoms with van der Waals surface area (Å²) in [6.07, 6.45) is 0. The van der Waals surface area contributed by atoms with Gasteiger partial charge in [0.1, 0.15) is 0 Å². The Morgan fingerprint density at radius 2 is 0.617 bits per heavy atom. The molecule has 0 fully saturated rings. The highest BCUT2D eigenvalue weighted by molar-refractivity contribution is 7.00. The van der Waals surface area contributed by atoms with Gasteiger partial charge in [-0.2, -0.15) is 0 Å². The Morgan fingerprint density at radius 1 is 0.250 bits per heavy atom. The molecule has 2 nitrogen and oxygen atoms in total. The zero-order valence-corrected chi connectivity index (χ0v) is 71.7. The molecule has 16 aromatic carbocycles. The second-order valence-corrected chi connectivity index (χ2v) is 38.4. The lowest BCUT2D eigenvalue weighted by Crippen LogP contribution is -2.61. The number of hydrogen-bond donors (Lipinski definition) is 0. The van der Waals surface area contributed by atoms with Gasteiger partial charge in [0.15, 0.2) is 0 Å². The molecular weight excluding hydrogens is 1440 g/mol. The van der Waals surface area contributed by atoms with Crippen molar-refractivity contribution < 1.29 is 6.85 Å². The average Bonchev–Trinajstić information content (AvgIpc) is 1.45. The van der Waals surface area contributed by atoms with E-state index < -0.39 is 30.3 Å². The van der Waals surface area contributed by atoms with Gasteiger partial charge in [0.25, 0.3) is 6.71 Å². The fourth-order valence-electron chi connectivity index (χ4n) is 19.3. The van der Waals surface area contributed by atoms with E-state index in [1.54, 1.807) is 0 Å². The maximum Gasteiger partial charge on any atom is 0.252 e. The van der Waals surface area contributed by atoms with Gasteiger partial charge in [0, 0.05) is 45.0 Å². The van der Waals surface area contributed by atoms with Gasteiger partial charge in [-0.25, -0.2) is 0 Å². The first-order valence-electron chi connectivity index (χ1n) is 45.2. The van der Waals surface area contributed by atoms with E-state index >= 15 is 0 Å². The number of anilines is 6. The van der Waals surface area contributed by atoms with Crippen LogP contribution < -0.4 is 26.2 Å². The smallest absolute Gasteiger partial charge is 0.252 e. The summed E-state index contributed by atoms with van der Waals surface area (Å²) in [6, 6.07) is 123. The standard InChI is InChI=1S/C117H105BN2/c1-112(2,3)88-65-84(66-89(71-88)113(4,5)6)81-60-62-102-104(67-81)119(110-96(77-42-24-17-25-43-77)72-90(114(7,8)9)73-97(110)78-44-26-18-27-45-78)106-69-85(76-40-22-16-23-41-76)70-107-109(106)118(102)103-63-61-83(68-105(103)120(107)111-98(79-46-28-19-29-47-79)74-91(115(10,11)12)75-99(111)80-48-30-20-31-49-80)93-56-39-57-95-94-55-35-37-59-101(94)117(108(93)95,86-51-32-21-33-52-86)87-53-38-50-82(64-87)92-54-34-36-58-100(92)116(13,14)15/h16-75H,1-15H3/i16D,22D,23D,40D,41D. The van der Waals surface area contributed by atoms with Crippen molar-refractivity contribution >= 4 is 57.2 Å². The number of nitrogens with zero attached hydrogens (tertiary/aromatic N) is 2. The van der Waals surface area contributed by atoms with E-state index in [0.29, 0.717) is 5.56 Å². The predicted octanol–water partition coefficient (Wildman–Crippen LogP) is 30.0. The highest BCUT2D eigenvalue weighted by Crippen LogP contribution is 2.61. The Labute approximate surface area is 719 Å². The minimum atomic E-state index is -0.859. The largest absolute Gasteiger partial charge is 0.310 e. The van der Waals surface area contributed by atoms with Crippen LogP contribution in [0.1, 0.15) is 161 Å². The molecule has 1 unspecified atom stereocenters.